The molecule has 3 N–H and O–H groups in total. The third-order valence-corrected chi connectivity index (χ3v) is 3.92. The predicted molar refractivity (Wildman–Crippen MR) is 97.7 cm³/mol. The van der Waals surface area contributed by atoms with Crippen LogP contribution in [0.5, 0.6) is 0 Å². The molecule has 1 fully saturated rings. The molecule has 1 aliphatic rings. The lowest BCUT2D eigenvalue weighted by molar-refractivity contribution is -0.140. The summed E-state index contributed by atoms with van der Waals surface area (Å²) in [5, 5.41) is 17.0. The quantitative estimate of drug-likeness (QED) is 0.218. The number of carbonyl (C=O) groups is 1. The van der Waals surface area contributed by atoms with Gasteiger partial charge in [-0.25, -0.2) is 0 Å². The van der Waals surface area contributed by atoms with Gasteiger partial charge in [0.2, 0.25) is 0 Å². The molecule has 8 heteroatoms. The molecule has 1 rings (SSSR count). The van der Waals surface area contributed by atoms with E-state index in [9.17, 15) is 9.90 Å². The van der Waals surface area contributed by atoms with Crippen molar-refractivity contribution >= 4 is 11.9 Å². The molecule has 25 heavy (non-hydrogen) atoms. The van der Waals surface area contributed by atoms with Gasteiger partial charge in [-0.15, -0.1) is 0 Å². The summed E-state index contributed by atoms with van der Waals surface area (Å²) in [5.74, 6) is 0.502. The normalized spacial score (nSPS) is 18.5. The van der Waals surface area contributed by atoms with Gasteiger partial charge < -0.3 is 25.2 Å². The maximum Gasteiger partial charge on any atom is 0.305 e. The molecule has 1 aliphatic heterocycles. The minimum absolute atomic E-state index is 0.181. The van der Waals surface area contributed by atoms with Crippen molar-refractivity contribution in [3.63, 3.8) is 0 Å². The van der Waals surface area contributed by atoms with Gasteiger partial charge in [-0.05, 0) is 26.7 Å². The number of rotatable bonds is 10. The number of hydrogen-bond acceptors (Lipinski definition) is 6. The Kier molecular flexibility index (Phi) is 10.4. The van der Waals surface area contributed by atoms with E-state index in [4.69, 9.17) is 4.74 Å². The average Bonchev–Trinajstić information content (AvgIpc) is 2.59. The number of unbranched alkanes of at least 4 members (excludes halogenated alkanes) is 1. The minimum Gasteiger partial charge on any atom is -0.469 e. The van der Waals surface area contributed by atoms with Crippen LogP contribution in [0.2, 0.25) is 0 Å². The Bertz CT molecular complexity index is 409. The Morgan fingerprint density at radius 1 is 1.32 bits per heavy atom. The van der Waals surface area contributed by atoms with Crippen molar-refractivity contribution in [2.24, 2.45) is 4.99 Å². The second kappa shape index (κ2) is 12.1. The zero-order valence-electron chi connectivity index (χ0n) is 15.8. The molecule has 0 aliphatic carbocycles. The number of carbonyl (C=O) groups excluding carboxylic acids is 1. The number of esters is 1. The summed E-state index contributed by atoms with van der Waals surface area (Å²) in [5.41, 5.74) is -0.884. The standard InChI is InChI=1S/C17H34N4O4/c1-4-18-16(19-8-6-5-7-15(22)24-3)20-13-17(2,23)14-21-9-11-25-12-10-21/h23H,4-14H2,1-3H3,(H2,18,19,20). The molecular formula is C17H34N4O4. The summed E-state index contributed by atoms with van der Waals surface area (Å²) < 4.78 is 9.95. The molecular weight excluding hydrogens is 324 g/mol. The van der Waals surface area contributed by atoms with Crippen LogP contribution in [0.15, 0.2) is 4.99 Å². The molecule has 1 saturated heterocycles. The smallest absolute Gasteiger partial charge is 0.305 e. The van der Waals surface area contributed by atoms with Gasteiger partial charge in [0.05, 0.1) is 32.5 Å². The van der Waals surface area contributed by atoms with Crippen LogP contribution in [-0.4, -0.2) is 87.1 Å². The van der Waals surface area contributed by atoms with Crippen molar-refractivity contribution in [3.05, 3.63) is 0 Å². The number of guanidine groups is 1. The van der Waals surface area contributed by atoms with Crippen molar-refractivity contribution in [1.82, 2.24) is 15.5 Å². The van der Waals surface area contributed by atoms with Crippen LogP contribution in [0.1, 0.15) is 33.1 Å². The Hall–Kier alpha value is -1.38. The first kappa shape index (κ1) is 21.7. The van der Waals surface area contributed by atoms with E-state index >= 15 is 0 Å². The molecule has 0 amide bonds. The molecule has 0 saturated carbocycles. The fraction of sp³-hybridized carbons (Fsp3) is 0.882. The third-order valence-electron chi connectivity index (χ3n) is 3.92. The Morgan fingerprint density at radius 3 is 2.68 bits per heavy atom. The number of aliphatic imine (C=N–C) groups is 1. The van der Waals surface area contributed by atoms with Crippen molar-refractivity contribution in [1.29, 1.82) is 0 Å². The van der Waals surface area contributed by atoms with E-state index in [1.807, 2.05) is 13.8 Å². The summed E-state index contributed by atoms with van der Waals surface area (Å²) in [4.78, 5) is 17.8. The second-order valence-electron chi connectivity index (χ2n) is 6.54. The summed E-state index contributed by atoms with van der Waals surface area (Å²) >= 11 is 0. The molecule has 0 aromatic heterocycles. The highest BCUT2D eigenvalue weighted by Crippen LogP contribution is 2.09. The van der Waals surface area contributed by atoms with Crippen molar-refractivity contribution < 1.29 is 19.4 Å². The number of hydrogen-bond donors (Lipinski definition) is 3. The molecule has 0 aromatic rings. The zero-order chi connectivity index (χ0) is 18.5. The molecule has 0 bridgehead atoms. The molecule has 0 radical (unpaired) electrons. The van der Waals surface area contributed by atoms with Crippen molar-refractivity contribution in [3.8, 4) is 0 Å². The highest BCUT2D eigenvalue weighted by atomic mass is 16.5. The van der Waals surface area contributed by atoms with Crippen LogP contribution < -0.4 is 10.6 Å². The van der Waals surface area contributed by atoms with Crippen LogP contribution in [0, 0.1) is 0 Å². The van der Waals surface area contributed by atoms with E-state index in [1.165, 1.54) is 7.11 Å². The first-order valence-corrected chi connectivity index (χ1v) is 9.08. The molecule has 1 heterocycles. The highest BCUT2D eigenvalue weighted by Gasteiger charge is 2.25. The van der Waals surface area contributed by atoms with Gasteiger partial charge in [0, 0.05) is 39.1 Å². The monoisotopic (exact) mass is 358 g/mol. The fourth-order valence-electron chi connectivity index (χ4n) is 2.59. The molecule has 1 atom stereocenters. The zero-order valence-corrected chi connectivity index (χ0v) is 15.8. The first-order chi connectivity index (χ1) is 12.0. The highest BCUT2D eigenvalue weighted by molar-refractivity contribution is 5.79. The number of nitrogens with one attached hydrogen (secondary N) is 2. The van der Waals surface area contributed by atoms with E-state index in [0.29, 0.717) is 32.0 Å². The first-order valence-electron chi connectivity index (χ1n) is 9.08. The maximum absolute atomic E-state index is 11.1. The summed E-state index contributed by atoms with van der Waals surface area (Å²) in [6.45, 7) is 9.31. The van der Waals surface area contributed by atoms with Crippen LogP contribution in [-0.2, 0) is 14.3 Å². The fourth-order valence-corrected chi connectivity index (χ4v) is 2.59. The maximum atomic E-state index is 11.1. The molecule has 0 spiro atoms. The lowest BCUT2D eigenvalue weighted by Gasteiger charge is -2.33. The van der Waals surface area contributed by atoms with Gasteiger partial charge in [-0.3, -0.25) is 14.7 Å². The van der Waals surface area contributed by atoms with Crippen LogP contribution >= 0.6 is 0 Å². The average molecular weight is 358 g/mol. The van der Waals surface area contributed by atoms with Crippen molar-refractivity contribution in [2.45, 2.75) is 38.7 Å². The second-order valence-corrected chi connectivity index (χ2v) is 6.54. The summed E-state index contributed by atoms with van der Waals surface area (Å²) in [6.07, 6.45) is 2.05. The summed E-state index contributed by atoms with van der Waals surface area (Å²) in [6, 6.07) is 0. The topological polar surface area (TPSA) is 95.4 Å². The van der Waals surface area contributed by atoms with Crippen LogP contribution in [0.4, 0.5) is 0 Å². The van der Waals surface area contributed by atoms with Crippen molar-refractivity contribution in [2.75, 3.05) is 59.6 Å². The van der Waals surface area contributed by atoms with E-state index in [0.717, 1.165) is 45.7 Å². The van der Waals surface area contributed by atoms with Gasteiger partial charge in [-0.2, -0.15) is 0 Å². The van der Waals surface area contributed by atoms with E-state index in [2.05, 4.69) is 25.3 Å². The SMILES string of the molecule is CCNC(=NCC(C)(O)CN1CCOCC1)NCCCCC(=O)OC. The molecule has 1 unspecified atom stereocenters. The Balaban J connectivity index is 2.35. The van der Waals surface area contributed by atoms with Crippen LogP contribution in [0.3, 0.4) is 0 Å². The molecule has 146 valence electrons. The third kappa shape index (κ3) is 10.3. The minimum atomic E-state index is -0.884. The van der Waals surface area contributed by atoms with Gasteiger partial charge >= 0.3 is 5.97 Å². The number of morpholine rings is 1. The lowest BCUT2D eigenvalue weighted by atomic mass is 10.1. The predicted octanol–water partition coefficient (Wildman–Crippen LogP) is -0.0320. The van der Waals surface area contributed by atoms with Gasteiger partial charge in [0.15, 0.2) is 5.96 Å². The van der Waals surface area contributed by atoms with Crippen LogP contribution in [0.25, 0.3) is 0 Å². The number of nitrogens with zero attached hydrogens (tertiary/aromatic N) is 2. The number of β-amino-alcohol motifs (C(OH)–C–C–N with tert-alkyl or cyclic N) is 1. The molecule has 8 nitrogen and oxygen atoms in total. The van der Waals surface area contributed by atoms with E-state index < -0.39 is 5.60 Å². The Labute approximate surface area is 151 Å². The largest absolute Gasteiger partial charge is 0.469 e. The van der Waals surface area contributed by atoms with Gasteiger partial charge in [0.25, 0.3) is 0 Å². The summed E-state index contributed by atoms with van der Waals surface area (Å²) in [7, 11) is 1.40. The van der Waals surface area contributed by atoms with E-state index in [1.54, 1.807) is 0 Å². The number of aliphatic hydroxyl groups is 1. The number of ether oxygens (including phenoxy) is 2. The lowest BCUT2D eigenvalue weighted by Crippen LogP contribution is -2.48. The Morgan fingerprint density at radius 2 is 2.04 bits per heavy atom. The van der Waals surface area contributed by atoms with Gasteiger partial charge in [0.1, 0.15) is 0 Å². The van der Waals surface area contributed by atoms with E-state index in [-0.39, 0.29) is 5.97 Å². The number of methoxy groups -OCH3 is 1. The molecule has 0 aromatic carbocycles. The van der Waals surface area contributed by atoms with Gasteiger partial charge in [-0.1, -0.05) is 0 Å².